The molecule has 78 valence electrons. The Labute approximate surface area is 86.4 Å². The SMILES string of the molecule is CN(C)C12C=CC(CC1)C1CNCC12. The van der Waals surface area contributed by atoms with E-state index in [0.717, 1.165) is 17.8 Å². The van der Waals surface area contributed by atoms with Crippen LogP contribution in [0.15, 0.2) is 12.2 Å². The topological polar surface area (TPSA) is 15.3 Å². The van der Waals surface area contributed by atoms with Crippen LogP contribution in [0.3, 0.4) is 0 Å². The molecule has 0 aromatic rings. The molecule has 1 saturated heterocycles. The third kappa shape index (κ3) is 0.934. The van der Waals surface area contributed by atoms with E-state index < -0.39 is 0 Å². The Balaban J connectivity index is 2.03. The molecule has 4 aliphatic rings. The maximum atomic E-state index is 3.58. The van der Waals surface area contributed by atoms with E-state index in [9.17, 15) is 0 Å². The van der Waals surface area contributed by atoms with Crippen LogP contribution in [-0.2, 0) is 0 Å². The Morgan fingerprint density at radius 1 is 1.36 bits per heavy atom. The number of hydrogen-bond acceptors (Lipinski definition) is 2. The van der Waals surface area contributed by atoms with Gasteiger partial charge in [-0.15, -0.1) is 0 Å². The molecule has 1 heterocycles. The maximum Gasteiger partial charge on any atom is 0.0429 e. The first-order chi connectivity index (χ1) is 6.74. The number of allylic oxidation sites excluding steroid dienone is 1. The zero-order valence-corrected chi connectivity index (χ0v) is 9.16. The molecule has 14 heavy (non-hydrogen) atoms. The summed E-state index contributed by atoms with van der Waals surface area (Å²) in [5.41, 5.74) is 0.378. The van der Waals surface area contributed by atoms with Gasteiger partial charge in [-0.3, -0.25) is 4.90 Å². The van der Waals surface area contributed by atoms with E-state index in [1.165, 1.54) is 25.9 Å². The lowest BCUT2D eigenvalue weighted by molar-refractivity contribution is 0.0312. The first-order valence-electron chi connectivity index (χ1n) is 5.81. The van der Waals surface area contributed by atoms with E-state index in [1.807, 2.05) is 0 Å². The van der Waals surface area contributed by atoms with Gasteiger partial charge in [0.1, 0.15) is 0 Å². The van der Waals surface area contributed by atoms with Gasteiger partial charge in [0.05, 0.1) is 0 Å². The van der Waals surface area contributed by atoms with E-state index in [-0.39, 0.29) is 0 Å². The molecular formula is C12H20N2. The fourth-order valence-electron chi connectivity index (χ4n) is 3.93. The molecule has 0 radical (unpaired) electrons. The highest BCUT2D eigenvalue weighted by Crippen LogP contribution is 2.50. The van der Waals surface area contributed by atoms with Crippen molar-refractivity contribution < 1.29 is 0 Å². The van der Waals surface area contributed by atoms with Gasteiger partial charge in [-0.05, 0) is 51.2 Å². The lowest BCUT2D eigenvalue weighted by Crippen LogP contribution is -2.57. The third-order valence-electron chi connectivity index (χ3n) is 4.80. The summed E-state index contributed by atoms with van der Waals surface area (Å²) in [5.74, 6) is 2.65. The second kappa shape index (κ2) is 2.83. The Morgan fingerprint density at radius 3 is 2.86 bits per heavy atom. The number of nitrogens with one attached hydrogen (secondary N) is 1. The lowest BCUT2D eigenvalue weighted by atomic mass is 9.59. The average Bonchev–Trinajstić information content (AvgIpc) is 2.69. The summed E-state index contributed by atoms with van der Waals surface area (Å²) >= 11 is 0. The van der Waals surface area contributed by atoms with Crippen molar-refractivity contribution >= 4 is 0 Å². The van der Waals surface area contributed by atoms with Crippen LogP contribution in [0, 0.1) is 17.8 Å². The van der Waals surface area contributed by atoms with E-state index >= 15 is 0 Å². The summed E-state index contributed by atoms with van der Waals surface area (Å²) in [5, 5.41) is 3.58. The maximum absolute atomic E-state index is 3.58. The summed E-state index contributed by atoms with van der Waals surface area (Å²) in [4.78, 5) is 2.45. The van der Waals surface area contributed by atoms with Gasteiger partial charge in [-0.1, -0.05) is 12.2 Å². The van der Waals surface area contributed by atoms with Crippen molar-refractivity contribution in [1.82, 2.24) is 10.2 Å². The molecule has 1 saturated carbocycles. The minimum Gasteiger partial charge on any atom is -0.316 e. The molecular weight excluding hydrogens is 172 g/mol. The summed E-state index contributed by atoms with van der Waals surface area (Å²) < 4.78 is 0. The molecule has 0 aromatic heterocycles. The van der Waals surface area contributed by atoms with E-state index in [1.54, 1.807) is 0 Å². The second-order valence-corrected chi connectivity index (χ2v) is 5.38. The van der Waals surface area contributed by atoms with Crippen molar-refractivity contribution in [3.8, 4) is 0 Å². The van der Waals surface area contributed by atoms with Gasteiger partial charge in [0.15, 0.2) is 0 Å². The zero-order valence-electron chi connectivity index (χ0n) is 9.16. The highest BCUT2D eigenvalue weighted by Gasteiger charge is 2.53. The molecule has 2 nitrogen and oxygen atoms in total. The average molecular weight is 192 g/mol. The summed E-state index contributed by atoms with van der Waals surface area (Å²) in [6.45, 7) is 2.47. The molecule has 0 spiro atoms. The third-order valence-corrected chi connectivity index (χ3v) is 4.80. The highest BCUT2D eigenvalue weighted by molar-refractivity contribution is 5.24. The predicted molar refractivity (Wildman–Crippen MR) is 58.1 cm³/mol. The van der Waals surface area contributed by atoms with Gasteiger partial charge in [0.2, 0.25) is 0 Å². The van der Waals surface area contributed by atoms with Crippen molar-refractivity contribution in [2.75, 3.05) is 27.2 Å². The minimum absolute atomic E-state index is 0.378. The molecule has 1 N–H and O–H groups in total. The fourth-order valence-corrected chi connectivity index (χ4v) is 3.93. The largest absolute Gasteiger partial charge is 0.316 e. The van der Waals surface area contributed by atoms with Gasteiger partial charge in [0, 0.05) is 12.1 Å². The monoisotopic (exact) mass is 192 g/mol. The van der Waals surface area contributed by atoms with Crippen molar-refractivity contribution in [2.45, 2.75) is 18.4 Å². The first-order valence-corrected chi connectivity index (χ1v) is 5.81. The Hall–Kier alpha value is -0.340. The predicted octanol–water partition coefficient (Wildman–Crippen LogP) is 1.10. The minimum atomic E-state index is 0.378. The summed E-state index contributed by atoms with van der Waals surface area (Å²) in [6, 6.07) is 0. The molecule has 0 amide bonds. The normalized spacial score (nSPS) is 50.1. The van der Waals surface area contributed by atoms with Crippen LogP contribution in [0.1, 0.15) is 12.8 Å². The number of nitrogens with zero attached hydrogens (tertiary/aromatic N) is 1. The smallest absolute Gasteiger partial charge is 0.0429 e. The molecule has 2 heteroatoms. The van der Waals surface area contributed by atoms with Crippen molar-refractivity contribution in [2.24, 2.45) is 17.8 Å². The van der Waals surface area contributed by atoms with E-state index in [0.29, 0.717) is 5.54 Å². The van der Waals surface area contributed by atoms with Gasteiger partial charge < -0.3 is 5.32 Å². The van der Waals surface area contributed by atoms with E-state index in [2.05, 4.69) is 36.5 Å². The first kappa shape index (κ1) is 8.93. The van der Waals surface area contributed by atoms with Crippen molar-refractivity contribution in [3.05, 3.63) is 12.2 Å². The second-order valence-electron chi connectivity index (χ2n) is 5.38. The number of hydrogen-bond donors (Lipinski definition) is 1. The number of likely N-dealkylation sites (N-methyl/N-ethyl adjacent to an activating group) is 1. The quantitative estimate of drug-likeness (QED) is 0.626. The summed E-state index contributed by atoms with van der Waals surface area (Å²) in [6.07, 6.45) is 7.74. The fraction of sp³-hybridized carbons (Fsp3) is 0.833. The summed E-state index contributed by atoms with van der Waals surface area (Å²) in [7, 11) is 4.48. The van der Waals surface area contributed by atoms with E-state index in [4.69, 9.17) is 0 Å². The molecule has 4 atom stereocenters. The van der Waals surface area contributed by atoms with Crippen LogP contribution in [0.25, 0.3) is 0 Å². The molecule has 4 unspecified atom stereocenters. The molecule has 4 rings (SSSR count). The van der Waals surface area contributed by atoms with Gasteiger partial charge in [-0.25, -0.2) is 0 Å². The Kier molecular flexibility index (Phi) is 1.80. The molecule has 2 bridgehead atoms. The van der Waals surface area contributed by atoms with Crippen LogP contribution in [0.4, 0.5) is 0 Å². The highest BCUT2D eigenvalue weighted by atomic mass is 15.2. The standard InChI is InChI=1S/C12H20N2/c1-14(2)12-5-3-9(4-6-12)10-7-13-8-11(10)12/h3,5,9-11,13H,4,6-8H2,1-2H3. The Bertz CT molecular complexity index is 271. The van der Waals surface area contributed by atoms with Gasteiger partial charge >= 0.3 is 0 Å². The van der Waals surface area contributed by atoms with Crippen LogP contribution in [0.5, 0.6) is 0 Å². The molecule has 0 aromatic carbocycles. The van der Waals surface area contributed by atoms with Crippen molar-refractivity contribution in [3.63, 3.8) is 0 Å². The molecule has 3 aliphatic carbocycles. The zero-order chi connectivity index (χ0) is 9.76. The number of rotatable bonds is 1. The van der Waals surface area contributed by atoms with Gasteiger partial charge in [0.25, 0.3) is 0 Å². The van der Waals surface area contributed by atoms with Crippen molar-refractivity contribution in [1.29, 1.82) is 0 Å². The number of fused-ring (bicyclic) bond motifs is 1. The molecule has 1 aliphatic heterocycles. The molecule has 2 fully saturated rings. The van der Waals surface area contributed by atoms with Gasteiger partial charge in [-0.2, -0.15) is 0 Å². The lowest BCUT2D eigenvalue weighted by Gasteiger charge is -2.53. The van der Waals surface area contributed by atoms with Crippen LogP contribution in [0.2, 0.25) is 0 Å². The van der Waals surface area contributed by atoms with Crippen LogP contribution >= 0.6 is 0 Å². The Morgan fingerprint density at radius 2 is 2.21 bits per heavy atom. The van der Waals surface area contributed by atoms with Crippen LogP contribution in [-0.4, -0.2) is 37.6 Å². The van der Waals surface area contributed by atoms with Crippen LogP contribution < -0.4 is 5.32 Å².